The standard InChI is InChI=1S/C8H13NO3/c1-2-5-12-8(11)6-3-4-9-7(6)10/h6H,2-5H2,1H3,(H,9,10). The lowest BCUT2D eigenvalue weighted by molar-refractivity contribution is -0.151. The van der Waals surface area contributed by atoms with Crippen LogP contribution in [0.1, 0.15) is 19.8 Å². The van der Waals surface area contributed by atoms with E-state index in [1.54, 1.807) is 0 Å². The molecule has 4 heteroatoms. The predicted molar refractivity (Wildman–Crippen MR) is 42.4 cm³/mol. The van der Waals surface area contributed by atoms with Gasteiger partial charge in [0.1, 0.15) is 5.92 Å². The topological polar surface area (TPSA) is 55.4 Å². The highest BCUT2D eigenvalue weighted by atomic mass is 16.5. The van der Waals surface area contributed by atoms with Crippen LogP contribution in [0.4, 0.5) is 0 Å². The third-order valence-corrected chi connectivity index (χ3v) is 1.78. The first-order valence-electron chi connectivity index (χ1n) is 4.20. The van der Waals surface area contributed by atoms with Crippen LogP contribution in [-0.2, 0) is 14.3 Å². The zero-order valence-corrected chi connectivity index (χ0v) is 7.13. The van der Waals surface area contributed by atoms with Crippen molar-refractivity contribution in [2.75, 3.05) is 13.2 Å². The first-order chi connectivity index (χ1) is 5.75. The van der Waals surface area contributed by atoms with E-state index in [4.69, 9.17) is 4.74 Å². The fourth-order valence-corrected chi connectivity index (χ4v) is 1.12. The van der Waals surface area contributed by atoms with E-state index in [2.05, 4.69) is 5.32 Å². The Bertz CT molecular complexity index is 191. The van der Waals surface area contributed by atoms with Crippen LogP contribution in [-0.4, -0.2) is 25.0 Å². The first kappa shape index (κ1) is 9.03. The molecule has 0 radical (unpaired) electrons. The molecule has 0 saturated carbocycles. The number of carbonyl (C=O) groups is 2. The first-order valence-corrected chi connectivity index (χ1v) is 4.20. The number of hydrogen-bond donors (Lipinski definition) is 1. The van der Waals surface area contributed by atoms with Crippen LogP contribution in [0.25, 0.3) is 0 Å². The molecule has 1 unspecified atom stereocenters. The Labute approximate surface area is 71.3 Å². The largest absolute Gasteiger partial charge is 0.465 e. The molecule has 0 aliphatic carbocycles. The summed E-state index contributed by atoms with van der Waals surface area (Å²) in [6.07, 6.45) is 1.36. The molecule has 0 spiro atoms. The Morgan fingerprint density at radius 3 is 3.00 bits per heavy atom. The Morgan fingerprint density at radius 2 is 2.50 bits per heavy atom. The van der Waals surface area contributed by atoms with Gasteiger partial charge < -0.3 is 10.1 Å². The number of nitrogens with one attached hydrogen (secondary N) is 1. The van der Waals surface area contributed by atoms with E-state index in [1.165, 1.54) is 0 Å². The van der Waals surface area contributed by atoms with E-state index in [0.717, 1.165) is 6.42 Å². The van der Waals surface area contributed by atoms with Crippen LogP contribution in [0.2, 0.25) is 0 Å². The molecule has 1 aliphatic heterocycles. The van der Waals surface area contributed by atoms with Crippen LogP contribution < -0.4 is 5.32 Å². The molecule has 1 amide bonds. The van der Waals surface area contributed by atoms with Gasteiger partial charge in [0, 0.05) is 6.54 Å². The SMILES string of the molecule is CCCOC(=O)C1CCNC1=O. The molecule has 68 valence electrons. The molecular weight excluding hydrogens is 158 g/mol. The lowest BCUT2D eigenvalue weighted by Crippen LogP contribution is -2.26. The molecule has 0 bridgehead atoms. The second-order valence-corrected chi connectivity index (χ2v) is 2.80. The summed E-state index contributed by atoms with van der Waals surface area (Å²) >= 11 is 0. The predicted octanol–water partition coefficient (Wildman–Crippen LogP) is 0.0757. The molecule has 1 aliphatic rings. The number of amides is 1. The van der Waals surface area contributed by atoms with Crippen molar-refractivity contribution >= 4 is 11.9 Å². The molecule has 0 aromatic rings. The van der Waals surface area contributed by atoms with Gasteiger partial charge in [-0.1, -0.05) is 6.92 Å². The molecule has 12 heavy (non-hydrogen) atoms. The molecule has 0 aromatic carbocycles. The van der Waals surface area contributed by atoms with Gasteiger partial charge in [-0.15, -0.1) is 0 Å². The Kier molecular flexibility index (Phi) is 3.08. The minimum absolute atomic E-state index is 0.198. The minimum Gasteiger partial charge on any atom is -0.465 e. The maximum absolute atomic E-state index is 11.1. The van der Waals surface area contributed by atoms with Crippen molar-refractivity contribution in [3.8, 4) is 0 Å². The highest BCUT2D eigenvalue weighted by Crippen LogP contribution is 2.10. The molecule has 1 N–H and O–H groups in total. The van der Waals surface area contributed by atoms with Crippen LogP contribution in [0.3, 0.4) is 0 Å². The summed E-state index contributed by atoms with van der Waals surface area (Å²) in [6.45, 7) is 2.91. The summed E-state index contributed by atoms with van der Waals surface area (Å²) in [7, 11) is 0. The average Bonchev–Trinajstić information content (AvgIpc) is 2.47. The van der Waals surface area contributed by atoms with Crippen LogP contribution in [0.15, 0.2) is 0 Å². The summed E-state index contributed by atoms with van der Waals surface area (Å²) in [4.78, 5) is 22.1. The lowest BCUT2D eigenvalue weighted by Gasteiger charge is -2.05. The van der Waals surface area contributed by atoms with Crippen LogP contribution in [0, 0.1) is 5.92 Å². The normalized spacial score (nSPS) is 22.1. The molecule has 1 fully saturated rings. The fraction of sp³-hybridized carbons (Fsp3) is 0.750. The molecule has 0 aromatic heterocycles. The van der Waals surface area contributed by atoms with E-state index < -0.39 is 5.92 Å². The van der Waals surface area contributed by atoms with Gasteiger partial charge in [-0.25, -0.2) is 0 Å². The second-order valence-electron chi connectivity index (χ2n) is 2.80. The van der Waals surface area contributed by atoms with Crippen molar-refractivity contribution in [1.29, 1.82) is 0 Å². The van der Waals surface area contributed by atoms with E-state index in [9.17, 15) is 9.59 Å². The van der Waals surface area contributed by atoms with Gasteiger partial charge in [0.05, 0.1) is 6.61 Å². The highest BCUT2D eigenvalue weighted by Gasteiger charge is 2.31. The molecule has 1 saturated heterocycles. The zero-order chi connectivity index (χ0) is 8.97. The number of esters is 1. The average molecular weight is 171 g/mol. The fourth-order valence-electron chi connectivity index (χ4n) is 1.12. The van der Waals surface area contributed by atoms with Crippen LogP contribution >= 0.6 is 0 Å². The van der Waals surface area contributed by atoms with E-state index in [0.29, 0.717) is 19.6 Å². The number of hydrogen-bond acceptors (Lipinski definition) is 3. The Hall–Kier alpha value is -1.06. The monoisotopic (exact) mass is 171 g/mol. The van der Waals surface area contributed by atoms with Crippen molar-refractivity contribution in [3.63, 3.8) is 0 Å². The Morgan fingerprint density at radius 1 is 1.75 bits per heavy atom. The lowest BCUT2D eigenvalue weighted by atomic mass is 10.1. The molecule has 1 atom stereocenters. The second kappa shape index (κ2) is 4.09. The third-order valence-electron chi connectivity index (χ3n) is 1.78. The zero-order valence-electron chi connectivity index (χ0n) is 7.13. The maximum Gasteiger partial charge on any atom is 0.318 e. The van der Waals surface area contributed by atoms with E-state index in [-0.39, 0.29) is 11.9 Å². The van der Waals surface area contributed by atoms with Gasteiger partial charge in [0.2, 0.25) is 5.91 Å². The summed E-state index contributed by atoms with van der Waals surface area (Å²) in [5, 5.41) is 2.59. The van der Waals surface area contributed by atoms with E-state index >= 15 is 0 Å². The number of rotatable bonds is 3. The Balaban J connectivity index is 2.36. The van der Waals surface area contributed by atoms with Gasteiger partial charge in [-0.05, 0) is 12.8 Å². The summed E-state index contributed by atoms with van der Waals surface area (Å²) in [6, 6.07) is 0. The van der Waals surface area contributed by atoms with Crippen molar-refractivity contribution in [2.24, 2.45) is 5.92 Å². The molecular formula is C8H13NO3. The van der Waals surface area contributed by atoms with Gasteiger partial charge >= 0.3 is 5.97 Å². The van der Waals surface area contributed by atoms with Gasteiger partial charge in [0.15, 0.2) is 0 Å². The van der Waals surface area contributed by atoms with E-state index in [1.807, 2.05) is 6.92 Å². The molecule has 1 rings (SSSR count). The minimum atomic E-state index is -0.559. The maximum atomic E-state index is 11.1. The smallest absolute Gasteiger partial charge is 0.318 e. The van der Waals surface area contributed by atoms with Gasteiger partial charge in [-0.3, -0.25) is 9.59 Å². The van der Waals surface area contributed by atoms with Gasteiger partial charge in [0.25, 0.3) is 0 Å². The molecule has 4 nitrogen and oxygen atoms in total. The quantitative estimate of drug-likeness (QED) is 0.483. The summed E-state index contributed by atoms with van der Waals surface area (Å²) < 4.78 is 4.85. The van der Waals surface area contributed by atoms with Crippen molar-refractivity contribution < 1.29 is 14.3 Å². The van der Waals surface area contributed by atoms with Crippen molar-refractivity contribution in [3.05, 3.63) is 0 Å². The highest BCUT2D eigenvalue weighted by molar-refractivity contribution is 5.99. The third kappa shape index (κ3) is 1.96. The molecule has 1 heterocycles. The van der Waals surface area contributed by atoms with Gasteiger partial charge in [-0.2, -0.15) is 0 Å². The van der Waals surface area contributed by atoms with Crippen LogP contribution in [0.5, 0.6) is 0 Å². The number of carbonyl (C=O) groups excluding carboxylic acids is 2. The summed E-state index contributed by atoms with van der Waals surface area (Å²) in [5.74, 6) is -1.14. The summed E-state index contributed by atoms with van der Waals surface area (Å²) in [5.41, 5.74) is 0. The van der Waals surface area contributed by atoms with Crippen molar-refractivity contribution in [2.45, 2.75) is 19.8 Å². The van der Waals surface area contributed by atoms with Crippen molar-refractivity contribution in [1.82, 2.24) is 5.32 Å². The number of ether oxygens (including phenoxy) is 1.